The lowest BCUT2D eigenvalue weighted by atomic mass is 10.00. The molecule has 0 aliphatic heterocycles. The van der Waals surface area contributed by atoms with Crippen molar-refractivity contribution in [1.82, 2.24) is 5.32 Å². The summed E-state index contributed by atoms with van der Waals surface area (Å²) in [6, 6.07) is 6.18. The lowest BCUT2D eigenvalue weighted by Gasteiger charge is -2.17. The summed E-state index contributed by atoms with van der Waals surface area (Å²) in [5, 5.41) is 20.3. The Morgan fingerprint density at radius 1 is 1.00 bits per heavy atom. The van der Waals surface area contributed by atoms with E-state index < -0.39 is 53.4 Å². The largest absolute Gasteiger partial charge is 0.480 e. The number of halogens is 6. The average Bonchev–Trinajstić information content (AvgIpc) is 2.65. The molecule has 1 amide bonds. The van der Waals surface area contributed by atoms with E-state index in [1.54, 1.807) is 0 Å². The van der Waals surface area contributed by atoms with E-state index in [9.17, 15) is 41.0 Å². The zero-order valence-electron chi connectivity index (χ0n) is 14.8. The van der Waals surface area contributed by atoms with E-state index >= 15 is 0 Å². The molecule has 0 aliphatic carbocycles. The van der Waals surface area contributed by atoms with Gasteiger partial charge in [-0.1, -0.05) is 18.2 Å². The van der Waals surface area contributed by atoms with E-state index in [1.165, 1.54) is 24.3 Å². The summed E-state index contributed by atoms with van der Waals surface area (Å²) in [5.41, 5.74) is -4.07. The van der Waals surface area contributed by atoms with Gasteiger partial charge in [0.05, 0.1) is 22.8 Å². The molecule has 11 heteroatoms. The summed E-state index contributed by atoms with van der Waals surface area (Å²) >= 11 is 0. The molecule has 2 aromatic rings. The molecule has 158 valence electrons. The highest BCUT2D eigenvalue weighted by molar-refractivity contribution is 5.97. The van der Waals surface area contributed by atoms with Crippen molar-refractivity contribution in [2.45, 2.75) is 24.8 Å². The van der Waals surface area contributed by atoms with Gasteiger partial charge in [-0.25, -0.2) is 4.79 Å². The number of nitrogens with one attached hydrogen (secondary N) is 1. The Hall–Kier alpha value is -3.55. The number of aliphatic carboxylic acids is 1. The van der Waals surface area contributed by atoms with Gasteiger partial charge in [-0.05, 0) is 29.8 Å². The number of carbonyl (C=O) groups excluding carboxylic acids is 1. The summed E-state index contributed by atoms with van der Waals surface area (Å²) in [7, 11) is 0. The molecule has 0 saturated heterocycles. The quantitative estimate of drug-likeness (QED) is 0.702. The lowest BCUT2D eigenvalue weighted by Crippen LogP contribution is -2.42. The third-order valence-corrected chi connectivity index (χ3v) is 4.02. The molecule has 0 fully saturated rings. The van der Waals surface area contributed by atoms with Crippen LogP contribution in [0.3, 0.4) is 0 Å². The third-order valence-electron chi connectivity index (χ3n) is 4.02. The van der Waals surface area contributed by atoms with Crippen LogP contribution >= 0.6 is 0 Å². The molecule has 0 heterocycles. The predicted molar refractivity (Wildman–Crippen MR) is 90.2 cm³/mol. The zero-order valence-corrected chi connectivity index (χ0v) is 14.8. The second-order valence-corrected chi connectivity index (χ2v) is 6.13. The van der Waals surface area contributed by atoms with Crippen molar-refractivity contribution in [2.24, 2.45) is 0 Å². The molecule has 30 heavy (non-hydrogen) atoms. The fourth-order valence-corrected chi connectivity index (χ4v) is 2.55. The number of hydrogen-bond donors (Lipinski definition) is 2. The predicted octanol–water partition coefficient (Wildman–Crippen LogP) is 4.02. The monoisotopic (exact) mass is 430 g/mol. The normalized spacial score (nSPS) is 12.7. The smallest absolute Gasteiger partial charge is 0.416 e. The van der Waals surface area contributed by atoms with E-state index in [2.05, 4.69) is 0 Å². The van der Waals surface area contributed by atoms with Gasteiger partial charge >= 0.3 is 18.3 Å². The van der Waals surface area contributed by atoms with E-state index in [-0.39, 0.29) is 29.3 Å². The topological polar surface area (TPSA) is 90.2 Å². The number of benzene rings is 2. The molecule has 1 atom stereocenters. The lowest BCUT2D eigenvalue weighted by molar-refractivity contribution is -0.143. The van der Waals surface area contributed by atoms with Crippen LogP contribution in [0.1, 0.15) is 32.6 Å². The van der Waals surface area contributed by atoms with Crippen molar-refractivity contribution in [3.8, 4) is 6.07 Å². The Morgan fingerprint density at radius 2 is 1.53 bits per heavy atom. The Balaban J connectivity index is 2.38. The van der Waals surface area contributed by atoms with Gasteiger partial charge in [-0.15, -0.1) is 0 Å². The van der Waals surface area contributed by atoms with E-state index in [4.69, 9.17) is 5.26 Å². The number of amides is 1. The van der Waals surface area contributed by atoms with Gasteiger partial charge in [0.25, 0.3) is 5.91 Å². The Labute approximate surface area is 165 Å². The molecule has 0 radical (unpaired) electrons. The Bertz CT molecular complexity index is 976. The first-order chi connectivity index (χ1) is 13.8. The van der Waals surface area contributed by atoms with Gasteiger partial charge in [0, 0.05) is 12.0 Å². The number of carboxylic acid groups (broad SMARTS) is 1. The van der Waals surface area contributed by atoms with Crippen LogP contribution in [0.2, 0.25) is 0 Å². The molecule has 0 bridgehead atoms. The average molecular weight is 430 g/mol. The maximum absolute atomic E-state index is 12.9. The van der Waals surface area contributed by atoms with Crippen molar-refractivity contribution in [3.63, 3.8) is 0 Å². The molecule has 0 spiro atoms. The summed E-state index contributed by atoms with van der Waals surface area (Å²) in [4.78, 5) is 23.8. The van der Waals surface area contributed by atoms with Crippen LogP contribution in [0, 0.1) is 11.3 Å². The van der Waals surface area contributed by atoms with Crippen LogP contribution in [-0.4, -0.2) is 23.0 Å². The first-order valence-electron chi connectivity index (χ1n) is 8.14. The van der Waals surface area contributed by atoms with Crippen molar-refractivity contribution in [1.29, 1.82) is 5.26 Å². The van der Waals surface area contributed by atoms with Crippen LogP contribution < -0.4 is 5.32 Å². The van der Waals surface area contributed by atoms with Crippen LogP contribution in [0.25, 0.3) is 0 Å². The van der Waals surface area contributed by atoms with Gasteiger partial charge < -0.3 is 10.4 Å². The molecule has 2 N–H and O–H groups in total. The van der Waals surface area contributed by atoms with E-state index in [0.29, 0.717) is 0 Å². The minimum Gasteiger partial charge on any atom is -0.480 e. The molecular weight excluding hydrogens is 418 g/mol. The highest BCUT2D eigenvalue weighted by atomic mass is 19.4. The second kappa shape index (κ2) is 8.44. The van der Waals surface area contributed by atoms with Crippen LogP contribution in [0.4, 0.5) is 26.3 Å². The molecule has 0 aromatic heterocycles. The molecule has 2 rings (SSSR count). The summed E-state index contributed by atoms with van der Waals surface area (Å²) in [5.74, 6) is -3.02. The number of rotatable bonds is 5. The Morgan fingerprint density at radius 3 is 2.00 bits per heavy atom. The standard InChI is InChI=1S/C19H12F6N2O3/c20-18(21,22)13-5-12(6-14(8-13)19(23,24)25)16(28)27-15(17(29)30)7-10-3-1-2-4-11(10)9-26/h1-6,8,15H,7H2,(H,27,28)(H,29,30)/t15-/m1/s1. The SMILES string of the molecule is N#Cc1ccccc1C[C@@H](NC(=O)c1cc(C(F)(F)F)cc(C(F)(F)F)c1)C(=O)O. The van der Waals surface area contributed by atoms with Gasteiger partial charge in [0.2, 0.25) is 0 Å². The molecule has 0 unspecified atom stereocenters. The third kappa shape index (κ3) is 5.50. The zero-order chi connectivity index (χ0) is 22.7. The minimum atomic E-state index is -5.16. The van der Waals surface area contributed by atoms with Gasteiger partial charge in [0.1, 0.15) is 6.04 Å². The molecular formula is C19H12F6N2O3. The van der Waals surface area contributed by atoms with Crippen LogP contribution in [0.15, 0.2) is 42.5 Å². The maximum Gasteiger partial charge on any atom is 0.416 e. The van der Waals surface area contributed by atoms with Gasteiger partial charge in [0.15, 0.2) is 0 Å². The molecule has 0 saturated carbocycles. The number of carboxylic acids is 1. The van der Waals surface area contributed by atoms with Crippen molar-refractivity contribution < 1.29 is 41.0 Å². The summed E-state index contributed by atoms with van der Waals surface area (Å²) in [6.07, 6.45) is -10.7. The van der Waals surface area contributed by atoms with Gasteiger partial charge in [-0.3, -0.25) is 4.79 Å². The fraction of sp³-hybridized carbons (Fsp3) is 0.211. The molecule has 2 aromatic carbocycles. The number of hydrogen-bond acceptors (Lipinski definition) is 3. The highest BCUT2D eigenvalue weighted by Crippen LogP contribution is 2.36. The number of alkyl halides is 6. The summed E-state index contributed by atoms with van der Waals surface area (Å²) in [6.45, 7) is 0. The van der Waals surface area contributed by atoms with E-state index in [1.807, 2.05) is 11.4 Å². The highest BCUT2D eigenvalue weighted by Gasteiger charge is 2.37. The number of nitriles is 1. The number of nitrogens with zero attached hydrogens (tertiary/aromatic N) is 1. The maximum atomic E-state index is 12.9. The van der Waals surface area contributed by atoms with Crippen molar-refractivity contribution >= 4 is 11.9 Å². The van der Waals surface area contributed by atoms with Crippen LogP contribution in [-0.2, 0) is 23.6 Å². The van der Waals surface area contributed by atoms with E-state index in [0.717, 1.165) is 0 Å². The van der Waals surface area contributed by atoms with Crippen LogP contribution in [0.5, 0.6) is 0 Å². The number of carbonyl (C=O) groups is 2. The van der Waals surface area contributed by atoms with Crippen molar-refractivity contribution in [3.05, 3.63) is 70.3 Å². The fourth-order valence-electron chi connectivity index (χ4n) is 2.55. The molecule has 5 nitrogen and oxygen atoms in total. The van der Waals surface area contributed by atoms with Gasteiger partial charge in [-0.2, -0.15) is 31.6 Å². The second-order valence-electron chi connectivity index (χ2n) is 6.13. The molecule has 0 aliphatic rings. The summed E-state index contributed by atoms with van der Waals surface area (Å²) < 4.78 is 77.6. The minimum absolute atomic E-state index is 0.108. The first kappa shape index (κ1) is 22.7. The first-order valence-corrected chi connectivity index (χ1v) is 8.14. The Kier molecular flexibility index (Phi) is 6.40. The van der Waals surface area contributed by atoms with Crippen molar-refractivity contribution in [2.75, 3.05) is 0 Å².